The Morgan fingerprint density at radius 3 is 1.32 bits per heavy atom. The maximum atomic E-state index is 8.55. The van der Waals surface area contributed by atoms with E-state index in [9.17, 15) is 0 Å². The smallest absolute Gasteiger partial charge is 0.423 e. The fourth-order valence-corrected chi connectivity index (χ4v) is 6.25. The number of nitrogen functional groups attached to an aromatic ring is 1. The molecule has 7 nitrogen and oxygen atoms in total. The summed E-state index contributed by atoms with van der Waals surface area (Å²) >= 11 is 6.89. The van der Waals surface area contributed by atoms with Crippen LogP contribution in [0.25, 0.3) is 43.4 Å². The third-order valence-electron chi connectivity index (χ3n) is 8.49. The lowest BCUT2D eigenvalue weighted by Crippen LogP contribution is -2.29. The lowest BCUT2D eigenvalue weighted by Gasteiger charge is -2.13. The van der Waals surface area contributed by atoms with Gasteiger partial charge in [-0.15, -0.1) is 0 Å². The molecule has 0 saturated heterocycles. The third-order valence-corrected chi connectivity index (χ3v) is 9.47. The number of fused-ring (bicyclic) bond motifs is 3. The van der Waals surface area contributed by atoms with Crippen molar-refractivity contribution >= 4 is 93.8 Å². The first kappa shape index (κ1) is 45.1. The number of benzene rings is 6. The first-order valence-corrected chi connectivity index (χ1v) is 18.7. The molecule has 0 saturated carbocycles. The fourth-order valence-electron chi connectivity index (χ4n) is 5.49. The molecule has 0 fully saturated rings. The Balaban J connectivity index is 0.000000205. The van der Waals surface area contributed by atoms with Gasteiger partial charge < -0.3 is 25.6 Å². The Kier molecular flexibility index (Phi) is 17.5. The van der Waals surface area contributed by atoms with Crippen LogP contribution in [0.4, 0.5) is 17.1 Å². The Morgan fingerprint density at radius 2 is 0.857 bits per heavy atom. The zero-order valence-corrected chi connectivity index (χ0v) is 33.8. The van der Waals surface area contributed by atoms with Crippen LogP contribution in [-0.4, -0.2) is 55.3 Å². The van der Waals surface area contributed by atoms with Crippen LogP contribution in [0.5, 0.6) is 0 Å². The zero-order chi connectivity index (χ0) is 38.6. The highest BCUT2D eigenvalue weighted by atomic mass is 79.9. The number of rotatable bonds is 4. The van der Waals surface area contributed by atoms with Gasteiger partial charge in [0.2, 0.25) is 0 Å². The molecule has 10 heteroatoms. The summed E-state index contributed by atoms with van der Waals surface area (Å²) in [5, 5.41) is 24.6. The van der Waals surface area contributed by atoms with E-state index in [-0.39, 0.29) is 14.9 Å². The van der Waals surface area contributed by atoms with Crippen LogP contribution < -0.4 is 21.0 Å². The molecule has 0 radical (unpaired) electrons. The Hall–Kier alpha value is -5.26. The molecule has 4 N–H and O–H groups in total. The van der Waals surface area contributed by atoms with E-state index in [4.69, 9.17) is 15.8 Å². The third kappa shape index (κ3) is 12.9. The van der Waals surface area contributed by atoms with Crippen LogP contribution in [0, 0.1) is 0 Å². The number of nitrogens with zero attached hydrogens (tertiary/aromatic N) is 4. The number of halogens is 2. The summed E-state index contributed by atoms with van der Waals surface area (Å²) < 4.78 is 2.22. The number of nitrogens with two attached hydrogens (primary N) is 1. The van der Waals surface area contributed by atoms with Crippen LogP contribution in [0.3, 0.4) is 0 Å². The van der Waals surface area contributed by atoms with Crippen molar-refractivity contribution < 1.29 is 10.0 Å². The summed E-state index contributed by atoms with van der Waals surface area (Å²) in [4.78, 5) is 12.0. The van der Waals surface area contributed by atoms with E-state index in [1.165, 1.54) is 67.2 Å². The number of hydrogen-bond acceptors (Lipinski definition) is 7. The van der Waals surface area contributed by atoms with Gasteiger partial charge >= 0.3 is 7.12 Å². The monoisotopic (exact) mass is 873 g/mol. The molecule has 0 amide bonds. The maximum Gasteiger partial charge on any atom is 0.488 e. The normalized spacial score (nSPS) is 9.93. The van der Waals surface area contributed by atoms with E-state index >= 15 is 0 Å². The van der Waals surface area contributed by atoms with Crippen LogP contribution in [0.2, 0.25) is 0 Å². The summed E-state index contributed by atoms with van der Waals surface area (Å²) in [6, 6.07) is 45.1. The Bertz CT molecular complexity index is 2390. The molecule has 2 heterocycles. The minimum atomic E-state index is -1.38. The van der Waals surface area contributed by atoms with Crippen molar-refractivity contribution in [1.29, 1.82) is 0 Å². The summed E-state index contributed by atoms with van der Waals surface area (Å²) in [5.41, 5.74) is 11.8. The molecule has 0 spiro atoms. The molecule has 56 heavy (non-hydrogen) atoms. The number of anilines is 3. The van der Waals surface area contributed by atoms with Gasteiger partial charge in [-0.2, -0.15) is 0 Å². The number of aromatic nitrogens is 2. The van der Waals surface area contributed by atoms with Crippen LogP contribution in [0.1, 0.15) is 14.9 Å². The minimum Gasteiger partial charge on any atom is -0.423 e. The summed E-state index contributed by atoms with van der Waals surface area (Å²) in [5.74, 6) is 0. The summed E-state index contributed by atoms with van der Waals surface area (Å²) in [6.45, 7) is 0. The van der Waals surface area contributed by atoms with Gasteiger partial charge in [-0.25, -0.2) is 0 Å². The highest BCUT2D eigenvalue weighted by molar-refractivity contribution is 9.10. The van der Waals surface area contributed by atoms with Gasteiger partial charge in [0.15, 0.2) is 0 Å². The predicted molar refractivity (Wildman–Crippen MR) is 251 cm³/mol. The van der Waals surface area contributed by atoms with Crippen molar-refractivity contribution in [1.82, 2.24) is 9.97 Å². The lowest BCUT2D eigenvalue weighted by atomic mass is 9.81. The highest BCUT2D eigenvalue weighted by Gasteiger charge is 2.08. The summed E-state index contributed by atoms with van der Waals surface area (Å²) in [7, 11) is 6.85. The van der Waals surface area contributed by atoms with Crippen LogP contribution in [0.15, 0.2) is 167 Å². The number of pyridine rings is 2. The highest BCUT2D eigenvalue weighted by Crippen LogP contribution is 2.27. The van der Waals surface area contributed by atoms with Gasteiger partial charge in [-0.05, 0) is 140 Å². The maximum absolute atomic E-state index is 8.55. The second kappa shape index (κ2) is 21.7. The van der Waals surface area contributed by atoms with E-state index in [0.717, 1.165) is 14.6 Å². The topological polar surface area (TPSA) is 98.7 Å². The van der Waals surface area contributed by atoms with Gasteiger partial charge in [0.1, 0.15) is 0 Å². The van der Waals surface area contributed by atoms with Crippen molar-refractivity contribution in [2.24, 2.45) is 0 Å². The van der Waals surface area contributed by atoms with Crippen LogP contribution >= 0.6 is 31.9 Å². The Labute approximate surface area is 348 Å². The molecule has 0 unspecified atom stereocenters. The second-order valence-corrected chi connectivity index (χ2v) is 14.7. The van der Waals surface area contributed by atoms with E-state index in [0.29, 0.717) is 5.46 Å². The quantitative estimate of drug-likeness (QED) is 0.120. The average molecular weight is 876 g/mol. The van der Waals surface area contributed by atoms with Crippen molar-refractivity contribution in [3.8, 4) is 11.1 Å². The molecule has 6 aromatic carbocycles. The molecule has 0 aliphatic carbocycles. The molecule has 0 atom stereocenters. The summed E-state index contributed by atoms with van der Waals surface area (Å²) in [6.07, 6.45) is 6.67. The van der Waals surface area contributed by atoms with Gasteiger partial charge in [-0.3, -0.25) is 9.97 Å². The molecule has 2 aromatic heterocycles. The molecule has 288 valence electrons. The molecule has 0 aliphatic rings. The average Bonchev–Trinajstić information content (AvgIpc) is 3.18. The second-order valence-electron chi connectivity index (χ2n) is 12.9. The molecule has 0 bridgehead atoms. The number of hydrogen-bond donors (Lipinski definition) is 3. The first-order chi connectivity index (χ1) is 26.0. The van der Waals surface area contributed by atoms with E-state index < -0.39 is 7.12 Å². The molecule has 8 rings (SSSR count). The van der Waals surface area contributed by atoms with Gasteiger partial charge in [0, 0.05) is 79.0 Å². The lowest BCUT2D eigenvalue weighted by molar-refractivity contribution is 0.425. The Morgan fingerprint density at radius 1 is 0.464 bits per heavy atom. The zero-order valence-electron chi connectivity index (χ0n) is 30.6. The van der Waals surface area contributed by atoms with E-state index in [1.807, 2.05) is 48.8 Å². The largest absolute Gasteiger partial charge is 0.488 e. The van der Waals surface area contributed by atoms with E-state index in [1.54, 1.807) is 12.1 Å². The van der Waals surface area contributed by atoms with Crippen molar-refractivity contribution in [3.05, 3.63) is 167 Å². The first-order valence-electron chi connectivity index (χ1n) is 17.2. The minimum absolute atomic E-state index is 0. The molecular formula is C46H50BBr2N5O2. The van der Waals surface area contributed by atoms with Crippen molar-refractivity contribution in [3.63, 3.8) is 0 Å². The van der Waals surface area contributed by atoms with Gasteiger partial charge in [0.05, 0.1) is 0 Å². The molecule has 0 aliphatic heterocycles. The molecule has 8 aromatic rings. The molecular weight excluding hydrogens is 825 g/mol. The van der Waals surface area contributed by atoms with Crippen LogP contribution in [-0.2, 0) is 0 Å². The fraction of sp³-hybridized carbons (Fsp3) is 0.130. The van der Waals surface area contributed by atoms with E-state index in [2.05, 4.69) is 165 Å². The van der Waals surface area contributed by atoms with Gasteiger partial charge in [0.25, 0.3) is 0 Å². The standard InChI is InChI=1S/C17H16N2.C12H12BrN.C10H8BrN.C5H6BNO2.2CH4/c1-19(2)17-6-5-15-11-14(3-4-16(15)12-17)13-7-9-18-10-8-13;1-14(2)12-6-4-9-7-11(13)5-3-10(9)8-12;11-9-3-1-8-6-10(12)4-2-7(8)5-9;8-6(9)5-1-3-7-4-2-5;;/h3-12H,1-2H3;3-8H,1-2H3;1-6H,12H2;1-4,8-9H;2*1H4. The van der Waals surface area contributed by atoms with Crippen molar-refractivity contribution in [2.45, 2.75) is 14.9 Å². The van der Waals surface area contributed by atoms with Gasteiger partial charge in [-0.1, -0.05) is 89.2 Å². The SMILES string of the molecule is C.C.CN(C)c1ccc2cc(-c3ccncc3)ccc2c1.CN(C)c1ccc2cc(Br)ccc2c1.Nc1ccc2cc(Br)ccc2c1.OB(O)c1ccncc1. The predicted octanol–water partition coefficient (Wildman–Crippen LogP) is 10.9. The van der Waals surface area contributed by atoms with Crippen molar-refractivity contribution in [2.75, 3.05) is 43.7 Å².